The van der Waals surface area contributed by atoms with Crippen LogP contribution in [0.1, 0.15) is 28.8 Å². The highest BCUT2D eigenvalue weighted by molar-refractivity contribution is 6.05. The fraction of sp³-hybridized carbons (Fsp3) is 0.348. The SMILES string of the molecule is O=C(c1c[nH]c2cccnc12)N1CCC2(CCN(CCc3ccccc3)C2=O)C1. The lowest BCUT2D eigenvalue weighted by Gasteiger charge is -2.23. The molecule has 5 rings (SSSR count). The van der Waals surface area contributed by atoms with Crippen LogP contribution in [0.2, 0.25) is 0 Å². The standard InChI is InChI=1S/C23H24N4O2/c28-21(18-15-25-19-7-4-11-24-20(18)19)27-14-10-23(16-27)9-13-26(22(23)29)12-8-17-5-2-1-3-6-17/h1-7,11,15,25H,8-10,12-14,16H2. The zero-order chi connectivity index (χ0) is 19.8. The molecule has 2 aliphatic heterocycles. The van der Waals surface area contributed by atoms with Gasteiger partial charge in [-0.1, -0.05) is 30.3 Å². The lowest BCUT2D eigenvalue weighted by Crippen LogP contribution is -2.39. The molecule has 6 heteroatoms. The number of H-pyrrole nitrogens is 1. The van der Waals surface area contributed by atoms with Crippen LogP contribution in [0.3, 0.4) is 0 Å². The number of carbonyl (C=O) groups is 2. The van der Waals surface area contributed by atoms with Crippen LogP contribution in [0.15, 0.2) is 54.9 Å². The summed E-state index contributed by atoms with van der Waals surface area (Å²) in [5, 5.41) is 0. The van der Waals surface area contributed by atoms with Crippen molar-refractivity contribution in [1.82, 2.24) is 19.8 Å². The molecule has 1 N–H and O–H groups in total. The number of benzene rings is 1. The van der Waals surface area contributed by atoms with Gasteiger partial charge in [0.05, 0.1) is 16.5 Å². The summed E-state index contributed by atoms with van der Waals surface area (Å²) in [6.45, 7) is 2.65. The monoisotopic (exact) mass is 388 g/mol. The van der Waals surface area contributed by atoms with E-state index < -0.39 is 5.41 Å². The molecule has 148 valence electrons. The van der Waals surface area contributed by atoms with E-state index in [1.165, 1.54) is 5.56 Å². The Morgan fingerprint density at radius 2 is 1.93 bits per heavy atom. The lowest BCUT2D eigenvalue weighted by atomic mass is 9.85. The van der Waals surface area contributed by atoms with Crippen LogP contribution in [-0.2, 0) is 11.2 Å². The predicted molar refractivity (Wildman–Crippen MR) is 110 cm³/mol. The molecule has 1 atom stereocenters. The van der Waals surface area contributed by atoms with Gasteiger partial charge in [-0.25, -0.2) is 0 Å². The van der Waals surface area contributed by atoms with Gasteiger partial charge in [0, 0.05) is 38.6 Å². The van der Waals surface area contributed by atoms with E-state index in [1.807, 2.05) is 40.1 Å². The van der Waals surface area contributed by atoms with E-state index in [0.29, 0.717) is 24.2 Å². The Kier molecular flexibility index (Phi) is 4.34. The molecule has 1 spiro atoms. The van der Waals surface area contributed by atoms with Gasteiger partial charge in [-0.3, -0.25) is 14.6 Å². The van der Waals surface area contributed by atoms with Crippen LogP contribution in [0.5, 0.6) is 0 Å². The number of likely N-dealkylation sites (tertiary alicyclic amines) is 2. The Balaban J connectivity index is 1.27. The number of aromatic amines is 1. The third-order valence-corrected chi connectivity index (χ3v) is 6.42. The molecule has 2 aliphatic rings. The summed E-state index contributed by atoms with van der Waals surface area (Å²) in [6, 6.07) is 14.0. The molecule has 1 unspecified atom stereocenters. The Morgan fingerprint density at radius 1 is 1.10 bits per heavy atom. The smallest absolute Gasteiger partial charge is 0.257 e. The van der Waals surface area contributed by atoms with Crippen LogP contribution >= 0.6 is 0 Å². The summed E-state index contributed by atoms with van der Waals surface area (Å²) < 4.78 is 0. The van der Waals surface area contributed by atoms with Crippen molar-refractivity contribution in [2.24, 2.45) is 5.41 Å². The van der Waals surface area contributed by atoms with E-state index in [4.69, 9.17) is 0 Å². The van der Waals surface area contributed by atoms with Gasteiger partial charge < -0.3 is 14.8 Å². The van der Waals surface area contributed by atoms with Crippen molar-refractivity contribution in [3.63, 3.8) is 0 Å². The minimum Gasteiger partial charge on any atom is -0.359 e. The summed E-state index contributed by atoms with van der Waals surface area (Å²) in [5.74, 6) is 0.170. The van der Waals surface area contributed by atoms with Crippen molar-refractivity contribution in [3.05, 3.63) is 66.0 Å². The van der Waals surface area contributed by atoms with Gasteiger partial charge in [-0.2, -0.15) is 0 Å². The van der Waals surface area contributed by atoms with Crippen molar-refractivity contribution in [2.45, 2.75) is 19.3 Å². The van der Waals surface area contributed by atoms with E-state index in [1.54, 1.807) is 12.4 Å². The first kappa shape index (κ1) is 17.9. The summed E-state index contributed by atoms with van der Waals surface area (Å²) >= 11 is 0. The number of fused-ring (bicyclic) bond motifs is 1. The summed E-state index contributed by atoms with van der Waals surface area (Å²) in [7, 11) is 0. The molecule has 2 fully saturated rings. The Morgan fingerprint density at radius 3 is 2.79 bits per heavy atom. The second-order valence-electron chi connectivity index (χ2n) is 8.14. The van der Waals surface area contributed by atoms with Gasteiger partial charge in [-0.05, 0) is 37.0 Å². The minimum absolute atomic E-state index is 0.0395. The molecular formula is C23H24N4O2. The number of hydrogen-bond acceptors (Lipinski definition) is 3. The van der Waals surface area contributed by atoms with Crippen molar-refractivity contribution in [2.75, 3.05) is 26.2 Å². The van der Waals surface area contributed by atoms with Crippen molar-refractivity contribution >= 4 is 22.8 Å². The fourth-order valence-electron chi connectivity index (χ4n) is 4.73. The van der Waals surface area contributed by atoms with Gasteiger partial charge >= 0.3 is 0 Å². The number of nitrogens with zero attached hydrogens (tertiary/aromatic N) is 3. The van der Waals surface area contributed by atoms with Gasteiger partial charge in [0.1, 0.15) is 5.52 Å². The minimum atomic E-state index is -0.411. The maximum Gasteiger partial charge on any atom is 0.257 e. The molecule has 6 nitrogen and oxygen atoms in total. The second-order valence-corrected chi connectivity index (χ2v) is 8.14. The second kappa shape index (κ2) is 7.03. The number of pyridine rings is 1. The zero-order valence-electron chi connectivity index (χ0n) is 16.3. The highest BCUT2D eigenvalue weighted by Crippen LogP contribution is 2.41. The number of nitrogens with one attached hydrogen (secondary N) is 1. The maximum atomic E-state index is 13.2. The van der Waals surface area contributed by atoms with Gasteiger partial charge in [0.15, 0.2) is 0 Å². The van der Waals surface area contributed by atoms with Crippen LogP contribution in [0.25, 0.3) is 11.0 Å². The van der Waals surface area contributed by atoms with E-state index in [0.717, 1.165) is 37.9 Å². The Hall–Kier alpha value is -3.15. The van der Waals surface area contributed by atoms with Gasteiger partial charge in [0.2, 0.25) is 5.91 Å². The van der Waals surface area contributed by atoms with Gasteiger partial charge in [0.25, 0.3) is 5.91 Å². The predicted octanol–water partition coefficient (Wildman–Crippen LogP) is 2.87. The number of carbonyl (C=O) groups excluding carboxylic acids is 2. The molecule has 0 bridgehead atoms. The highest BCUT2D eigenvalue weighted by Gasteiger charge is 2.51. The molecule has 0 saturated carbocycles. The molecular weight excluding hydrogens is 364 g/mol. The normalized spacial score (nSPS) is 21.6. The van der Waals surface area contributed by atoms with Crippen LogP contribution in [-0.4, -0.2) is 57.8 Å². The molecule has 29 heavy (non-hydrogen) atoms. The summed E-state index contributed by atoms with van der Waals surface area (Å²) in [6.07, 6.45) is 5.87. The van der Waals surface area contributed by atoms with E-state index in [-0.39, 0.29) is 11.8 Å². The van der Waals surface area contributed by atoms with E-state index in [2.05, 4.69) is 22.1 Å². The van der Waals surface area contributed by atoms with Crippen molar-refractivity contribution in [1.29, 1.82) is 0 Å². The lowest BCUT2D eigenvalue weighted by molar-refractivity contribution is -0.135. The first-order valence-corrected chi connectivity index (χ1v) is 10.2. The Bertz CT molecular complexity index is 1060. The zero-order valence-corrected chi connectivity index (χ0v) is 16.3. The summed E-state index contributed by atoms with van der Waals surface area (Å²) in [5.41, 5.74) is 2.97. The third kappa shape index (κ3) is 3.09. The van der Waals surface area contributed by atoms with E-state index >= 15 is 0 Å². The number of rotatable bonds is 4. The van der Waals surface area contributed by atoms with Gasteiger partial charge in [-0.15, -0.1) is 0 Å². The molecule has 4 heterocycles. The highest BCUT2D eigenvalue weighted by atomic mass is 16.2. The number of aromatic nitrogens is 2. The first-order valence-electron chi connectivity index (χ1n) is 10.2. The van der Waals surface area contributed by atoms with Crippen LogP contribution < -0.4 is 0 Å². The van der Waals surface area contributed by atoms with Crippen molar-refractivity contribution in [3.8, 4) is 0 Å². The average Bonchev–Trinajstić information content (AvgIpc) is 3.46. The quantitative estimate of drug-likeness (QED) is 0.747. The molecule has 3 aromatic rings. The molecule has 2 aromatic heterocycles. The number of hydrogen-bond donors (Lipinski definition) is 1. The molecule has 0 radical (unpaired) electrons. The molecule has 2 saturated heterocycles. The Labute approximate surface area is 169 Å². The molecule has 0 aliphatic carbocycles. The van der Waals surface area contributed by atoms with Crippen molar-refractivity contribution < 1.29 is 9.59 Å². The first-order chi connectivity index (χ1) is 14.2. The molecule has 1 aromatic carbocycles. The maximum absolute atomic E-state index is 13.2. The third-order valence-electron chi connectivity index (χ3n) is 6.42. The summed E-state index contributed by atoms with van der Waals surface area (Å²) in [4.78, 5) is 37.6. The van der Waals surface area contributed by atoms with Crippen LogP contribution in [0, 0.1) is 5.41 Å². The fourth-order valence-corrected chi connectivity index (χ4v) is 4.73. The van der Waals surface area contributed by atoms with E-state index in [9.17, 15) is 9.59 Å². The average molecular weight is 388 g/mol. The van der Waals surface area contributed by atoms with Crippen LogP contribution in [0.4, 0.5) is 0 Å². The topological polar surface area (TPSA) is 69.3 Å². The number of amides is 2. The largest absolute Gasteiger partial charge is 0.359 e. The molecule has 2 amide bonds.